The summed E-state index contributed by atoms with van der Waals surface area (Å²) in [5.41, 5.74) is 5.20. The summed E-state index contributed by atoms with van der Waals surface area (Å²) in [4.78, 5) is 21.9. The summed E-state index contributed by atoms with van der Waals surface area (Å²) in [7, 11) is 0. The minimum Gasteiger partial charge on any atom is -0.494 e. The fourth-order valence-corrected chi connectivity index (χ4v) is 5.19. The number of nitrogens with zero attached hydrogens (tertiary/aromatic N) is 4. The van der Waals surface area contributed by atoms with Crippen LogP contribution in [0.5, 0.6) is 5.75 Å². The van der Waals surface area contributed by atoms with E-state index in [1.54, 1.807) is 0 Å². The summed E-state index contributed by atoms with van der Waals surface area (Å²) in [5.74, 6) is 1.23. The molecule has 0 spiro atoms. The standard InChI is InChI=1S/C29H25N5O2S2/c1-2-36-23-15-13-20(14-16-23)24-19-38-28(30-24)31-25(35)17-18-37-29-32-26(21-9-5-3-6-10-21)27(33-34-29)22-11-7-4-8-12-22/h3-16,19H,2,17-18H2,1H3,(H,30,31,35). The first-order valence-electron chi connectivity index (χ1n) is 12.2. The summed E-state index contributed by atoms with van der Waals surface area (Å²) in [6, 6.07) is 27.6. The normalized spacial score (nSPS) is 10.8. The molecule has 0 unspecified atom stereocenters. The number of amides is 1. The lowest BCUT2D eigenvalue weighted by molar-refractivity contribution is -0.115. The van der Waals surface area contributed by atoms with Crippen molar-refractivity contribution in [3.05, 3.63) is 90.3 Å². The first-order valence-corrected chi connectivity index (χ1v) is 14.0. The van der Waals surface area contributed by atoms with Crippen LogP contribution in [-0.2, 0) is 4.79 Å². The number of thiazole rings is 1. The maximum absolute atomic E-state index is 12.6. The molecule has 3 aromatic carbocycles. The van der Waals surface area contributed by atoms with Crippen LogP contribution in [0.4, 0.5) is 5.13 Å². The lowest BCUT2D eigenvalue weighted by Gasteiger charge is -2.09. The molecule has 0 aliphatic heterocycles. The highest BCUT2D eigenvalue weighted by molar-refractivity contribution is 7.99. The summed E-state index contributed by atoms with van der Waals surface area (Å²) >= 11 is 2.81. The third-order valence-corrected chi connectivity index (χ3v) is 7.13. The van der Waals surface area contributed by atoms with Gasteiger partial charge in [-0.05, 0) is 31.2 Å². The van der Waals surface area contributed by atoms with Crippen LogP contribution in [0.2, 0.25) is 0 Å². The number of thioether (sulfide) groups is 1. The van der Waals surface area contributed by atoms with Crippen LogP contribution in [0.3, 0.4) is 0 Å². The molecule has 9 heteroatoms. The van der Waals surface area contributed by atoms with Gasteiger partial charge in [-0.1, -0.05) is 72.4 Å². The van der Waals surface area contributed by atoms with Crippen LogP contribution in [0.15, 0.2) is 95.5 Å². The third-order valence-electron chi connectivity index (χ3n) is 5.53. The zero-order valence-electron chi connectivity index (χ0n) is 20.7. The summed E-state index contributed by atoms with van der Waals surface area (Å²) in [5, 5.41) is 14.7. The Morgan fingerprint density at radius 2 is 1.53 bits per heavy atom. The second-order valence-corrected chi connectivity index (χ2v) is 10.1. The Labute approximate surface area is 229 Å². The lowest BCUT2D eigenvalue weighted by Crippen LogP contribution is -2.12. The van der Waals surface area contributed by atoms with E-state index in [4.69, 9.17) is 9.72 Å². The molecule has 0 aliphatic carbocycles. The maximum atomic E-state index is 12.6. The van der Waals surface area contributed by atoms with E-state index in [1.807, 2.05) is 97.2 Å². The molecule has 2 aromatic heterocycles. The zero-order valence-corrected chi connectivity index (χ0v) is 22.3. The Kier molecular flexibility index (Phi) is 8.37. The van der Waals surface area contributed by atoms with E-state index in [1.165, 1.54) is 23.1 Å². The number of carbonyl (C=O) groups is 1. The van der Waals surface area contributed by atoms with Crippen molar-refractivity contribution in [2.24, 2.45) is 0 Å². The van der Waals surface area contributed by atoms with E-state index in [2.05, 4.69) is 20.5 Å². The molecule has 0 radical (unpaired) electrons. The van der Waals surface area contributed by atoms with Gasteiger partial charge < -0.3 is 10.1 Å². The molecule has 0 aliphatic rings. The molecule has 38 heavy (non-hydrogen) atoms. The van der Waals surface area contributed by atoms with Gasteiger partial charge in [0.15, 0.2) is 5.13 Å². The van der Waals surface area contributed by atoms with Crippen molar-refractivity contribution in [1.29, 1.82) is 0 Å². The van der Waals surface area contributed by atoms with Gasteiger partial charge in [0.05, 0.1) is 12.3 Å². The second kappa shape index (κ2) is 12.4. The molecular formula is C29H25N5O2S2. The van der Waals surface area contributed by atoms with Crippen molar-refractivity contribution < 1.29 is 9.53 Å². The van der Waals surface area contributed by atoms with Gasteiger partial charge in [0, 0.05) is 34.2 Å². The number of carbonyl (C=O) groups excluding carboxylic acids is 1. The predicted molar refractivity (Wildman–Crippen MR) is 153 cm³/mol. The highest BCUT2D eigenvalue weighted by Crippen LogP contribution is 2.30. The Morgan fingerprint density at radius 1 is 0.842 bits per heavy atom. The van der Waals surface area contributed by atoms with Gasteiger partial charge in [0.2, 0.25) is 11.1 Å². The Morgan fingerprint density at radius 3 is 2.21 bits per heavy atom. The number of anilines is 1. The average molecular weight is 540 g/mol. The number of ether oxygens (including phenoxy) is 1. The lowest BCUT2D eigenvalue weighted by atomic mass is 10.0. The van der Waals surface area contributed by atoms with Crippen molar-refractivity contribution in [2.45, 2.75) is 18.5 Å². The molecule has 5 rings (SSSR count). The fraction of sp³-hybridized carbons (Fsp3) is 0.138. The fourth-order valence-electron chi connectivity index (χ4n) is 3.73. The van der Waals surface area contributed by atoms with Gasteiger partial charge in [0.1, 0.15) is 17.1 Å². The van der Waals surface area contributed by atoms with Gasteiger partial charge in [-0.3, -0.25) is 4.79 Å². The highest BCUT2D eigenvalue weighted by Gasteiger charge is 2.14. The first-order chi connectivity index (χ1) is 18.7. The van der Waals surface area contributed by atoms with Crippen molar-refractivity contribution in [3.63, 3.8) is 0 Å². The maximum Gasteiger partial charge on any atom is 0.226 e. The topological polar surface area (TPSA) is 89.9 Å². The van der Waals surface area contributed by atoms with Crippen LogP contribution in [0.1, 0.15) is 13.3 Å². The molecule has 5 aromatic rings. The summed E-state index contributed by atoms with van der Waals surface area (Å²) < 4.78 is 5.49. The van der Waals surface area contributed by atoms with Crippen molar-refractivity contribution in [2.75, 3.05) is 17.7 Å². The van der Waals surface area contributed by atoms with Crippen LogP contribution >= 0.6 is 23.1 Å². The highest BCUT2D eigenvalue weighted by atomic mass is 32.2. The second-order valence-electron chi connectivity index (χ2n) is 8.17. The monoisotopic (exact) mass is 539 g/mol. The Bertz CT molecular complexity index is 1490. The third kappa shape index (κ3) is 6.42. The number of benzene rings is 3. The Hall–Kier alpha value is -4.08. The van der Waals surface area contributed by atoms with Crippen molar-refractivity contribution in [1.82, 2.24) is 20.2 Å². The molecule has 190 valence electrons. The average Bonchev–Trinajstić information content (AvgIpc) is 3.43. The SMILES string of the molecule is CCOc1ccc(-c2csc(NC(=O)CCSc3nnc(-c4ccccc4)c(-c4ccccc4)n3)n2)cc1. The number of aromatic nitrogens is 4. The smallest absolute Gasteiger partial charge is 0.226 e. The largest absolute Gasteiger partial charge is 0.494 e. The van der Waals surface area contributed by atoms with Gasteiger partial charge >= 0.3 is 0 Å². The van der Waals surface area contributed by atoms with E-state index in [0.29, 0.717) is 29.1 Å². The Balaban J connectivity index is 1.20. The molecule has 1 N–H and O–H groups in total. The van der Waals surface area contributed by atoms with Crippen LogP contribution in [-0.4, -0.2) is 38.4 Å². The minimum absolute atomic E-state index is 0.109. The van der Waals surface area contributed by atoms with Crippen molar-refractivity contribution >= 4 is 34.1 Å². The summed E-state index contributed by atoms with van der Waals surface area (Å²) in [6.45, 7) is 2.58. The van der Waals surface area contributed by atoms with Gasteiger partial charge in [0.25, 0.3) is 0 Å². The van der Waals surface area contributed by atoms with E-state index in [0.717, 1.165) is 39.5 Å². The van der Waals surface area contributed by atoms with Crippen LogP contribution in [0, 0.1) is 0 Å². The van der Waals surface area contributed by atoms with Gasteiger partial charge in [-0.25, -0.2) is 9.97 Å². The van der Waals surface area contributed by atoms with Crippen molar-refractivity contribution in [3.8, 4) is 39.5 Å². The zero-order chi connectivity index (χ0) is 26.2. The molecule has 0 saturated heterocycles. The van der Waals surface area contributed by atoms with Gasteiger partial charge in [-0.15, -0.1) is 21.5 Å². The molecule has 0 bridgehead atoms. The molecule has 1 amide bonds. The van der Waals surface area contributed by atoms with E-state index >= 15 is 0 Å². The number of hydrogen-bond donors (Lipinski definition) is 1. The van der Waals surface area contributed by atoms with E-state index in [-0.39, 0.29) is 5.91 Å². The van der Waals surface area contributed by atoms with Crippen LogP contribution < -0.4 is 10.1 Å². The molecule has 0 atom stereocenters. The minimum atomic E-state index is -0.109. The van der Waals surface area contributed by atoms with E-state index < -0.39 is 0 Å². The molecule has 7 nitrogen and oxygen atoms in total. The molecule has 0 fully saturated rings. The predicted octanol–water partition coefficient (Wildman–Crippen LogP) is 6.85. The number of rotatable bonds is 10. The molecular weight excluding hydrogens is 514 g/mol. The number of hydrogen-bond acceptors (Lipinski definition) is 8. The first kappa shape index (κ1) is 25.6. The summed E-state index contributed by atoms with van der Waals surface area (Å²) in [6.07, 6.45) is 0.299. The van der Waals surface area contributed by atoms with E-state index in [9.17, 15) is 4.79 Å². The van der Waals surface area contributed by atoms with Gasteiger partial charge in [-0.2, -0.15) is 0 Å². The molecule has 2 heterocycles. The molecule has 0 saturated carbocycles. The van der Waals surface area contributed by atoms with Crippen LogP contribution in [0.25, 0.3) is 33.8 Å². The number of nitrogens with one attached hydrogen (secondary N) is 1. The quantitative estimate of drug-likeness (QED) is 0.194.